The number of rotatable bonds is 6. The number of aromatic nitrogens is 1. The molecule has 0 atom stereocenters. The van der Waals surface area contributed by atoms with Crippen molar-refractivity contribution in [3.63, 3.8) is 0 Å². The average Bonchev–Trinajstić information content (AvgIpc) is 2.82. The third-order valence-electron chi connectivity index (χ3n) is 4.24. The quantitative estimate of drug-likeness (QED) is 0.362. The lowest BCUT2D eigenvalue weighted by Gasteiger charge is -2.13. The van der Waals surface area contributed by atoms with Crippen LogP contribution in [0.4, 0.5) is 5.69 Å². The molecule has 1 amide bonds. The van der Waals surface area contributed by atoms with Gasteiger partial charge < -0.3 is 14.8 Å². The van der Waals surface area contributed by atoms with Crippen molar-refractivity contribution >= 4 is 23.5 Å². The number of aliphatic imine (C=N–C) groups is 1. The molecule has 1 heterocycles. The molecule has 0 radical (unpaired) electrons. The molecule has 158 valence electrons. The smallest absolute Gasteiger partial charge is 0.337 e. The Morgan fingerprint density at radius 3 is 2.52 bits per heavy atom. The Kier molecular flexibility index (Phi) is 7.31. The largest absolute Gasteiger partial charge is 0.497 e. The number of guanidine groups is 1. The van der Waals surface area contributed by atoms with Gasteiger partial charge in [-0.3, -0.25) is 15.1 Å². The van der Waals surface area contributed by atoms with Gasteiger partial charge in [-0.2, -0.15) is 0 Å². The number of ether oxygens (including phenoxy) is 2. The molecule has 2 N–H and O–H groups in total. The number of esters is 1. The highest BCUT2D eigenvalue weighted by Crippen LogP contribution is 2.14. The summed E-state index contributed by atoms with van der Waals surface area (Å²) in [5, 5.41) is 5.82. The lowest BCUT2D eigenvalue weighted by Crippen LogP contribution is -2.36. The van der Waals surface area contributed by atoms with Crippen LogP contribution in [0.15, 0.2) is 77.9 Å². The van der Waals surface area contributed by atoms with Gasteiger partial charge in [-0.1, -0.05) is 18.2 Å². The molecule has 2 aromatic carbocycles. The van der Waals surface area contributed by atoms with Crippen LogP contribution in [0.25, 0.3) is 0 Å². The van der Waals surface area contributed by atoms with Gasteiger partial charge in [0, 0.05) is 17.4 Å². The van der Waals surface area contributed by atoms with Crippen molar-refractivity contribution in [2.45, 2.75) is 6.54 Å². The zero-order valence-electron chi connectivity index (χ0n) is 17.2. The Labute approximate surface area is 180 Å². The Morgan fingerprint density at radius 2 is 1.77 bits per heavy atom. The van der Waals surface area contributed by atoms with Crippen molar-refractivity contribution in [3.8, 4) is 5.75 Å². The molecule has 8 heteroatoms. The van der Waals surface area contributed by atoms with E-state index in [2.05, 4.69) is 20.6 Å². The van der Waals surface area contributed by atoms with E-state index in [1.807, 2.05) is 18.2 Å². The number of carbonyl (C=O) groups is 2. The van der Waals surface area contributed by atoms with Crippen molar-refractivity contribution < 1.29 is 19.1 Å². The summed E-state index contributed by atoms with van der Waals surface area (Å²) < 4.78 is 9.94. The van der Waals surface area contributed by atoms with Crippen LogP contribution >= 0.6 is 0 Å². The summed E-state index contributed by atoms with van der Waals surface area (Å²) in [6, 6.07) is 19.0. The maximum absolute atomic E-state index is 12.8. The summed E-state index contributed by atoms with van der Waals surface area (Å²) in [4.78, 5) is 33.3. The number of hydrogen-bond donors (Lipinski definition) is 2. The monoisotopic (exact) mass is 418 g/mol. The maximum atomic E-state index is 12.8. The first-order valence-corrected chi connectivity index (χ1v) is 9.44. The molecule has 0 saturated carbocycles. The number of anilines is 1. The Hall–Kier alpha value is -4.20. The van der Waals surface area contributed by atoms with E-state index in [9.17, 15) is 9.59 Å². The lowest BCUT2D eigenvalue weighted by molar-refractivity contribution is 0.0600. The Balaban J connectivity index is 1.84. The third-order valence-corrected chi connectivity index (χ3v) is 4.24. The first-order chi connectivity index (χ1) is 15.1. The molecule has 31 heavy (non-hydrogen) atoms. The average molecular weight is 418 g/mol. The molecule has 3 aromatic rings. The second-order valence-corrected chi connectivity index (χ2v) is 6.37. The fourth-order valence-corrected chi connectivity index (χ4v) is 2.68. The van der Waals surface area contributed by atoms with E-state index < -0.39 is 5.97 Å². The minimum atomic E-state index is -0.462. The number of methoxy groups -OCH3 is 2. The molecule has 0 saturated heterocycles. The lowest BCUT2D eigenvalue weighted by atomic mass is 10.2. The number of carbonyl (C=O) groups excluding carboxylic acids is 2. The zero-order chi connectivity index (χ0) is 22.1. The first-order valence-electron chi connectivity index (χ1n) is 9.44. The number of hydrogen-bond acceptors (Lipinski definition) is 6. The molecule has 3 rings (SSSR count). The van der Waals surface area contributed by atoms with Crippen molar-refractivity contribution in [3.05, 3.63) is 89.7 Å². The molecule has 0 aliphatic carbocycles. The van der Waals surface area contributed by atoms with Gasteiger partial charge in [-0.25, -0.2) is 9.79 Å². The normalized spacial score (nSPS) is 10.8. The standard InChI is InChI=1S/C23H22N4O4/c1-30-20-11-6-7-16(14-20)21(28)27-23(25-15-19-9-3-4-12-24-19)26-18-10-5-8-17(13-18)22(29)31-2/h3-14H,15H2,1-2H3,(H2,25,26,27,28). The highest BCUT2D eigenvalue weighted by molar-refractivity contribution is 6.10. The van der Waals surface area contributed by atoms with Gasteiger partial charge in [-0.05, 0) is 48.5 Å². The number of pyridine rings is 1. The van der Waals surface area contributed by atoms with Crippen LogP contribution in [0.1, 0.15) is 26.4 Å². The van der Waals surface area contributed by atoms with E-state index in [4.69, 9.17) is 9.47 Å². The zero-order valence-corrected chi connectivity index (χ0v) is 17.2. The second kappa shape index (κ2) is 10.5. The molecule has 0 bridgehead atoms. The van der Waals surface area contributed by atoms with E-state index in [1.54, 1.807) is 54.7 Å². The fraction of sp³-hybridized carbons (Fsp3) is 0.130. The predicted octanol–water partition coefficient (Wildman–Crippen LogP) is 3.27. The minimum absolute atomic E-state index is 0.209. The Bertz CT molecular complexity index is 1080. The Morgan fingerprint density at radius 1 is 0.968 bits per heavy atom. The highest BCUT2D eigenvalue weighted by Gasteiger charge is 2.12. The molecule has 1 aromatic heterocycles. The molecular formula is C23H22N4O4. The molecule has 0 fully saturated rings. The van der Waals surface area contributed by atoms with Gasteiger partial charge in [0.1, 0.15) is 5.75 Å². The van der Waals surface area contributed by atoms with Gasteiger partial charge in [0.2, 0.25) is 5.96 Å². The number of nitrogens with zero attached hydrogens (tertiary/aromatic N) is 2. The number of nitrogens with one attached hydrogen (secondary N) is 2. The summed E-state index contributed by atoms with van der Waals surface area (Å²) in [7, 11) is 2.85. The van der Waals surface area contributed by atoms with Crippen LogP contribution < -0.4 is 15.4 Å². The predicted molar refractivity (Wildman–Crippen MR) is 117 cm³/mol. The molecule has 8 nitrogen and oxygen atoms in total. The summed E-state index contributed by atoms with van der Waals surface area (Å²) in [6.45, 7) is 0.248. The van der Waals surface area contributed by atoms with Gasteiger partial charge in [-0.15, -0.1) is 0 Å². The summed E-state index contributed by atoms with van der Waals surface area (Å²) >= 11 is 0. The molecule has 0 aliphatic rings. The van der Waals surface area contributed by atoms with E-state index in [-0.39, 0.29) is 18.4 Å². The van der Waals surface area contributed by atoms with Gasteiger partial charge in [0.25, 0.3) is 5.91 Å². The first kappa shape index (κ1) is 21.5. The highest BCUT2D eigenvalue weighted by atomic mass is 16.5. The van der Waals surface area contributed by atoms with E-state index in [0.29, 0.717) is 22.6 Å². The van der Waals surface area contributed by atoms with Crippen LogP contribution in [-0.2, 0) is 11.3 Å². The summed E-state index contributed by atoms with van der Waals surface area (Å²) in [5.74, 6) is -0.0508. The van der Waals surface area contributed by atoms with E-state index in [0.717, 1.165) is 5.69 Å². The fourth-order valence-electron chi connectivity index (χ4n) is 2.68. The summed E-state index contributed by atoms with van der Waals surface area (Å²) in [5.41, 5.74) is 2.08. The third kappa shape index (κ3) is 6.14. The van der Waals surface area contributed by atoms with Crippen LogP contribution in [0.2, 0.25) is 0 Å². The van der Waals surface area contributed by atoms with Crippen molar-refractivity contribution in [1.29, 1.82) is 0 Å². The summed E-state index contributed by atoms with van der Waals surface area (Å²) in [6.07, 6.45) is 1.67. The van der Waals surface area contributed by atoms with Gasteiger partial charge in [0.15, 0.2) is 0 Å². The van der Waals surface area contributed by atoms with E-state index in [1.165, 1.54) is 14.2 Å². The molecule has 0 aliphatic heterocycles. The topological polar surface area (TPSA) is 102 Å². The van der Waals surface area contributed by atoms with Crippen molar-refractivity contribution in [1.82, 2.24) is 10.3 Å². The van der Waals surface area contributed by atoms with Crippen molar-refractivity contribution in [2.24, 2.45) is 4.99 Å². The van der Waals surface area contributed by atoms with Gasteiger partial charge in [0.05, 0.1) is 32.0 Å². The number of amides is 1. The second-order valence-electron chi connectivity index (χ2n) is 6.37. The SMILES string of the molecule is COC(=O)c1cccc(NC(=NCc2ccccn2)NC(=O)c2cccc(OC)c2)c1. The van der Waals surface area contributed by atoms with Crippen LogP contribution in [-0.4, -0.2) is 37.0 Å². The van der Waals surface area contributed by atoms with Crippen LogP contribution in [0.3, 0.4) is 0 Å². The molecular weight excluding hydrogens is 396 g/mol. The van der Waals surface area contributed by atoms with Crippen molar-refractivity contribution in [2.75, 3.05) is 19.5 Å². The minimum Gasteiger partial charge on any atom is -0.497 e. The molecule has 0 spiro atoms. The molecule has 0 unspecified atom stereocenters. The van der Waals surface area contributed by atoms with Gasteiger partial charge >= 0.3 is 5.97 Å². The van der Waals surface area contributed by atoms with E-state index >= 15 is 0 Å². The van der Waals surface area contributed by atoms with Crippen LogP contribution in [0.5, 0.6) is 5.75 Å². The maximum Gasteiger partial charge on any atom is 0.337 e. The number of benzene rings is 2. The van der Waals surface area contributed by atoms with Crippen LogP contribution in [0, 0.1) is 0 Å².